The molecule has 2 N–H and O–H groups in total. The summed E-state index contributed by atoms with van der Waals surface area (Å²) in [5, 5.41) is 15.8. The Labute approximate surface area is 85.5 Å². The van der Waals surface area contributed by atoms with Gasteiger partial charge in [-0.15, -0.1) is 0 Å². The molecule has 0 bridgehead atoms. The Balaban J connectivity index is -0.0000000120. The fourth-order valence-corrected chi connectivity index (χ4v) is 0.133. The van der Waals surface area contributed by atoms with Crippen LogP contribution in [0.25, 0.3) is 0 Å². The minimum atomic E-state index is -0.375. The van der Waals surface area contributed by atoms with Gasteiger partial charge in [-0.2, -0.15) is 0 Å². The normalized spacial score (nSPS) is 5.08. The summed E-state index contributed by atoms with van der Waals surface area (Å²) < 4.78 is 8.49. The molecule has 0 unspecified atom stereocenters. The summed E-state index contributed by atoms with van der Waals surface area (Å²) in [5.41, 5.74) is 0. The van der Waals surface area contributed by atoms with Gasteiger partial charge in [0.05, 0.1) is 0 Å². The van der Waals surface area contributed by atoms with E-state index < -0.39 is 0 Å². The van der Waals surface area contributed by atoms with Gasteiger partial charge in [0, 0.05) is 0 Å². The van der Waals surface area contributed by atoms with E-state index in [0.29, 0.717) is 0 Å². The van der Waals surface area contributed by atoms with Crippen LogP contribution in [0.5, 0.6) is 0 Å². The minimum Gasteiger partial charge on any atom is -0.371 e. The van der Waals surface area contributed by atoms with Crippen LogP contribution in [0.2, 0.25) is 0 Å². The molecular formula is C9H32O4. The molecule has 0 amide bonds. The van der Waals surface area contributed by atoms with Crippen molar-refractivity contribution in [1.29, 1.82) is 0 Å². The van der Waals surface area contributed by atoms with Gasteiger partial charge < -0.3 is 19.7 Å². The van der Waals surface area contributed by atoms with Gasteiger partial charge in [0.2, 0.25) is 0 Å². The van der Waals surface area contributed by atoms with E-state index in [-0.39, 0.29) is 64.9 Å². The second-order valence-corrected chi connectivity index (χ2v) is 0.784. The second kappa shape index (κ2) is 59.4. The molecule has 13 heavy (non-hydrogen) atoms. The van der Waals surface area contributed by atoms with Crippen LogP contribution >= 0.6 is 0 Å². The number of hydrogen-bond acceptors (Lipinski definition) is 4. The van der Waals surface area contributed by atoms with Gasteiger partial charge in [0.25, 0.3) is 0 Å². The molecule has 0 aliphatic heterocycles. The van der Waals surface area contributed by atoms with Crippen LogP contribution in [-0.2, 0) is 9.47 Å². The number of ether oxygens (including phenoxy) is 2. The quantitative estimate of drug-likeness (QED) is 0.546. The number of hydrogen-bond donors (Lipinski definition) is 2. The van der Waals surface area contributed by atoms with Crippen molar-refractivity contribution in [3.05, 3.63) is 0 Å². The Morgan fingerprint density at radius 1 is 0.615 bits per heavy atom. The zero-order chi connectivity index (χ0) is 5.54. The predicted octanol–water partition coefficient (Wildman–Crippen LogP) is 2.69. The van der Waals surface area contributed by atoms with Crippen molar-refractivity contribution < 1.29 is 19.7 Å². The lowest BCUT2D eigenvalue weighted by atomic mass is 11.3. The van der Waals surface area contributed by atoms with Crippen molar-refractivity contribution in [1.82, 2.24) is 0 Å². The van der Waals surface area contributed by atoms with E-state index in [4.69, 9.17) is 10.2 Å². The summed E-state index contributed by atoms with van der Waals surface area (Å²) in [7, 11) is 0. The summed E-state index contributed by atoms with van der Waals surface area (Å²) in [6.45, 7) is -0.812. The highest BCUT2D eigenvalue weighted by Crippen LogP contribution is 1.70. The maximum Gasteiger partial charge on any atom is 0.152 e. The van der Waals surface area contributed by atoms with Gasteiger partial charge in [-0.05, 0) is 0 Å². The predicted molar refractivity (Wildman–Crippen MR) is 61.6 cm³/mol. The van der Waals surface area contributed by atoms with Crippen molar-refractivity contribution in [3.63, 3.8) is 0 Å². The van der Waals surface area contributed by atoms with E-state index in [1.807, 2.05) is 0 Å². The van der Waals surface area contributed by atoms with Gasteiger partial charge in [0.1, 0.15) is 13.6 Å². The molecule has 4 nitrogen and oxygen atoms in total. The largest absolute Gasteiger partial charge is 0.371 e. The first-order valence-corrected chi connectivity index (χ1v) is 1.79. The van der Waals surface area contributed by atoms with Crippen molar-refractivity contribution >= 4 is 0 Å². The molecule has 92 valence electrons. The van der Waals surface area contributed by atoms with Crippen LogP contribution in [0.15, 0.2) is 0 Å². The molecule has 0 aromatic carbocycles. The van der Waals surface area contributed by atoms with Crippen LogP contribution in [0.1, 0.15) is 44.6 Å². The van der Waals surface area contributed by atoms with Crippen molar-refractivity contribution in [2.75, 3.05) is 20.4 Å². The van der Waals surface area contributed by atoms with Crippen molar-refractivity contribution in [3.8, 4) is 0 Å². The van der Waals surface area contributed by atoms with Crippen molar-refractivity contribution in [2.24, 2.45) is 0 Å². The monoisotopic (exact) mass is 204 g/mol. The lowest BCUT2D eigenvalue weighted by Gasteiger charge is -1.96. The van der Waals surface area contributed by atoms with Crippen LogP contribution in [0.4, 0.5) is 0 Å². The van der Waals surface area contributed by atoms with Crippen LogP contribution in [-0.4, -0.2) is 30.6 Å². The number of aliphatic hydroxyl groups is 2. The van der Waals surface area contributed by atoms with Gasteiger partial charge in [0.15, 0.2) is 6.79 Å². The molecule has 0 spiro atoms. The molecule has 0 saturated heterocycles. The standard InChI is InChI=1S/C3H8O4.6CH4/c4-1-6-3-7-2-5;;;;;;/h4-5H,1-3H2;6*1H4. The molecule has 0 fully saturated rings. The van der Waals surface area contributed by atoms with E-state index >= 15 is 0 Å². The van der Waals surface area contributed by atoms with Crippen molar-refractivity contribution in [2.45, 2.75) is 44.6 Å². The highest BCUT2D eigenvalue weighted by Gasteiger charge is 1.77. The molecular weight excluding hydrogens is 172 g/mol. The molecule has 0 aromatic heterocycles. The summed E-state index contributed by atoms with van der Waals surface area (Å²) in [6, 6.07) is 0. The maximum atomic E-state index is 7.91. The van der Waals surface area contributed by atoms with E-state index in [1.54, 1.807) is 0 Å². The molecule has 0 aliphatic rings. The van der Waals surface area contributed by atoms with Gasteiger partial charge >= 0.3 is 0 Å². The second-order valence-electron chi connectivity index (χ2n) is 0.784. The van der Waals surface area contributed by atoms with Gasteiger partial charge in [-0.1, -0.05) is 44.6 Å². The van der Waals surface area contributed by atoms with Crippen LogP contribution in [0.3, 0.4) is 0 Å². The average Bonchev–Trinajstić information content (AvgIpc) is 1.69. The fourth-order valence-electron chi connectivity index (χ4n) is 0.133. The van der Waals surface area contributed by atoms with E-state index in [9.17, 15) is 0 Å². The fraction of sp³-hybridized carbons (Fsp3) is 1.00. The van der Waals surface area contributed by atoms with E-state index in [1.165, 1.54) is 0 Å². The zero-order valence-corrected chi connectivity index (χ0v) is 3.83. The SMILES string of the molecule is C.C.C.C.C.C.OCOCOCO. The maximum absolute atomic E-state index is 7.91. The Hall–Kier alpha value is -0.160. The third kappa shape index (κ3) is 77.7. The lowest BCUT2D eigenvalue weighted by Crippen LogP contribution is -2.00. The van der Waals surface area contributed by atoms with E-state index in [2.05, 4.69) is 9.47 Å². The molecule has 4 heteroatoms. The average molecular weight is 204 g/mol. The van der Waals surface area contributed by atoms with E-state index in [0.717, 1.165) is 0 Å². The summed E-state index contributed by atoms with van der Waals surface area (Å²) in [4.78, 5) is 0. The first kappa shape index (κ1) is 52.8. The van der Waals surface area contributed by atoms with Gasteiger partial charge in [-0.25, -0.2) is 0 Å². The Bertz CT molecular complexity index is 30.8. The lowest BCUT2D eigenvalue weighted by molar-refractivity contribution is -0.142. The third-order valence-electron chi connectivity index (χ3n) is 0.349. The summed E-state index contributed by atoms with van der Waals surface area (Å²) in [6.07, 6.45) is 0. The smallest absolute Gasteiger partial charge is 0.152 e. The molecule has 0 saturated carbocycles. The first-order valence-electron chi connectivity index (χ1n) is 1.79. The third-order valence-corrected chi connectivity index (χ3v) is 0.349. The number of aliphatic hydroxyl groups excluding tert-OH is 2. The summed E-state index contributed by atoms with van der Waals surface area (Å²) in [5.74, 6) is 0. The van der Waals surface area contributed by atoms with Gasteiger partial charge in [-0.3, -0.25) is 0 Å². The molecule has 0 atom stereocenters. The zero-order valence-electron chi connectivity index (χ0n) is 3.83. The topological polar surface area (TPSA) is 58.9 Å². The molecule has 0 aliphatic carbocycles. The molecule has 0 aromatic rings. The first-order chi connectivity index (χ1) is 3.41. The Morgan fingerprint density at radius 3 is 1.00 bits per heavy atom. The summed E-state index contributed by atoms with van der Waals surface area (Å²) >= 11 is 0. The highest BCUT2D eigenvalue weighted by atomic mass is 16.7. The molecule has 0 rings (SSSR count). The highest BCUT2D eigenvalue weighted by molar-refractivity contribution is 3.94. The minimum absolute atomic E-state index is 0. The molecule has 0 heterocycles. The molecule has 0 radical (unpaired) electrons. The Morgan fingerprint density at radius 2 is 0.846 bits per heavy atom. The number of rotatable bonds is 4. The van der Waals surface area contributed by atoms with Crippen LogP contribution < -0.4 is 0 Å². The van der Waals surface area contributed by atoms with Crippen LogP contribution in [0, 0.1) is 0 Å². The Kier molecular flexibility index (Phi) is 241.